The van der Waals surface area contributed by atoms with Gasteiger partial charge < -0.3 is 9.72 Å². The summed E-state index contributed by atoms with van der Waals surface area (Å²) >= 11 is 0. The largest absolute Gasteiger partial charge is 0.319 e. The molecular formula is C12H17N3. The van der Waals surface area contributed by atoms with Crippen molar-refractivity contribution in [2.24, 2.45) is 0 Å². The number of hydrogen-bond donors (Lipinski definition) is 1. The molecule has 0 amide bonds. The molecule has 0 saturated heterocycles. The van der Waals surface area contributed by atoms with E-state index in [1.165, 1.54) is 11.2 Å². The average Bonchev–Trinajstić information content (AvgIpc) is 2.65. The van der Waals surface area contributed by atoms with Crippen LogP contribution in [0.25, 0.3) is 5.52 Å². The molecule has 0 aliphatic heterocycles. The molecule has 1 N–H and O–H groups in total. The molecule has 2 aromatic rings. The summed E-state index contributed by atoms with van der Waals surface area (Å²) in [6, 6.07) is 6.26. The molecule has 3 heteroatoms. The van der Waals surface area contributed by atoms with Crippen molar-refractivity contribution in [3.8, 4) is 0 Å². The molecule has 0 aromatic carbocycles. The molecule has 3 nitrogen and oxygen atoms in total. The maximum absolute atomic E-state index is 4.67. The first-order valence-corrected chi connectivity index (χ1v) is 5.46. The van der Waals surface area contributed by atoms with Gasteiger partial charge in [0.2, 0.25) is 0 Å². The van der Waals surface area contributed by atoms with Gasteiger partial charge in [0.15, 0.2) is 0 Å². The monoisotopic (exact) mass is 203 g/mol. The third-order valence-corrected chi connectivity index (χ3v) is 2.63. The second kappa shape index (κ2) is 4.45. The van der Waals surface area contributed by atoms with Crippen LogP contribution in [0.1, 0.15) is 18.4 Å². The van der Waals surface area contributed by atoms with Gasteiger partial charge in [-0.15, -0.1) is 0 Å². The van der Waals surface area contributed by atoms with E-state index in [0.717, 1.165) is 25.2 Å². The summed E-state index contributed by atoms with van der Waals surface area (Å²) in [7, 11) is 1.97. The number of aryl methyl sites for hydroxylation is 1. The molecule has 0 radical (unpaired) electrons. The molecule has 0 atom stereocenters. The van der Waals surface area contributed by atoms with Crippen LogP contribution in [0.15, 0.2) is 24.4 Å². The van der Waals surface area contributed by atoms with Gasteiger partial charge in [0.25, 0.3) is 0 Å². The summed E-state index contributed by atoms with van der Waals surface area (Å²) in [4.78, 5) is 4.67. The van der Waals surface area contributed by atoms with Crippen molar-refractivity contribution in [3.05, 3.63) is 35.9 Å². The minimum atomic E-state index is 0.977. The summed E-state index contributed by atoms with van der Waals surface area (Å²) in [5, 5.41) is 3.16. The van der Waals surface area contributed by atoms with E-state index in [4.69, 9.17) is 0 Å². The third-order valence-electron chi connectivity index (χ3n) is 2.63. The van der Waals surface area contributed by atoms with Crippen LogP contribution in [-0.2, 0) is 12.8 Å². The Morgan fingerprint density at radius 1 is 1.40 bits per heavy atom. The maximum Gasteiger partial charge on any atom is 0.113 e. The second-order valence-electron chi connectivity index (χ2n) is 3.64. The maximum atomic E-state index is 4.67. The van der Waals surface area contributed by atoms with Crippen molar-refractivity contribution in [2.75, 3.05) is 13.6 Å². The van der Waals surface area contributed by atoms with Gasteiger partial charge >= 0.3 is 0 Å². The molecule has 2 heterocycles. The highest BCUT2D eigenvalue weighted by molar-refractivity contribution is 5.53. The molecule has 0 aliphatic rings. The predicted octanol–water partition coefficient (Wildman–Crippen LogP) is 1.66. The summed E-state index contributed by atoms with van der Waals surface area (Å²) in [5.74, 6) is 1.15. The Kier molecular flexibility index (Phi) is 3.02. The van der Waals surface area contributed by atoms with Gasteiger partial charge in [-0.2, -0.15) is 0 Å². The van der Waals surface area contributed by atoms with Crippen LogP contribution in [0.4, 0.5) is 0 Å². The number of fused-ring (bicyclic) bond motifs is 1. The number of aromatic nitrogens is 2. The number of nitrogens with one attached hydrogen (secondary N) is 1. The predicted molar refractivity (Wildman–Crippen MR) is 62.2 cm³/mol. The Morgan fingerprint density at radius 2 is 2.27 bits per heavy atom. The van der Waals surface area contributed by atoms with E-state index in [1.807, 2.05) is 7.05 Å². The van der Waals surface area contributed by atoms with E-state index in [-0.39, 0.29) is 0 Å². The van der Waals surface area contributed by atoms with E-state index in [1.54, 1.807) is 0 Å². The molecule has 2 rings (SSSR count). The van der Waals surface area contributed by atoms with Crippen LogP contribution >= 0.6 is 0 Å². The van der Waals surface area contributed by atoms with Crippen molar-refractivity contribution in [2.45, 2.75) is 19.8 Å². The zero-order valence-corrected chi connectivity index (χ0v) is 9.33. The minimum Gasteiger partial charge on any atom is -0.319 e. The molecule has 0 unspecified atom stereocenters. The highest BCUT2D eigenvalue weighted by atomic mass is 15.0. The first-order valence-electron chi connectivity index (χ1n) is 5.46. The molecule has 0 bridgehead atoms. The Bertz CT molecular complexity index is 445. The molecule has 2 aromatic heterocycles. The Balaban J connectivity index is 2.45. The molecule has 0 aliphatic carbocycles. The van der Waals surface area contributed by atoms with Crippen molar-refractivity contribution >= 4 is 5.52 Å². The highest BCUT2D eigenvalue weighted by Gasteiger charge is 2.07. The number of pyridine rings is 1. The lowest BCUT2D eigenvalue weighted by Gasteiger charge is -1.97. The van der Waals surface area contributed by atoms with Crippen LogP contribution < -0.4 is 5.32 Å². The summed E-state index contributed by atoms with van der Waals surface area (Å²) in [5.41, 5.74) is 2.44. The lowest BCUT2D eigenvalue weighted by Crippen LogP contribution is -2.10. The third kappa shape index (κ3) is 1.88. The van der Waals surface area contributed by atoms with E-state index in [9.17, 15) is 0 Å². The Morgan fingerprint density at radius 3 is 3.00 bits per heavy atom. The van der Waals surface area contributed by atoms with E-state index < -0.39 is 0 Å². The smallest absolute Gasteiger partial charge is 0.113 e. The first kappa shape index (κ1) is 10.2. The second-order valence-corrected chi connectivity index (χ2v) is 3.64. The quantitative estimate of drug-likeness (QED) is 0.819. The lowest BCUT2D eigenvalue weighted by atomic mass is 10.2. The van der Waals surface area contributed by atoms with Crippen molar-refractivity contribution < 1.29 is 0 Å². The number of hydrogen-bond acceptors (Lipinski definition) is 2. The van der Waals surface area contributed by atoms with Gasteiger partial charge in [0.05, 0.1) is 11.2 Å². The van der Waals surface area contributed by atoms with Gasteiger partial charge in [0.1, 0.15) is 5.82 Å². The van der Waals surface area contributed by atoms with Crippen LogP contribution in [0.2, 0.25) is 0 Å². The number of rotatable bonds is 4. The Hall–Kier alpha value is -1.35. The fourth-order valence-corrected chi connectivity index (χ4v) is 1.85. The van der Waals surface area contributed by atoms with Crippen molar-refractivity contribution in [1.82, 2.24) is 14.7 Å². The number of nitrogens with zero attached hydrogens (tertiary/aromatic N) is 2. The Labute approximate surface area is 90.1 Å². The number of likely N-dealkylation sites (N-methyl/N-ethyl adjacent to an activating group) is 1. The zero-order chi connectivity index (χ0) is 10.7. The van der Waals surface area contributed by atoms with Crippen LogP contribution in [0.3, 0.4) is 0 Å². The zero-order valence-electron chi connectivity index (χ0n) is 9.33. The van der Waals surface area contributed by atoms with Crippen molar-refractivity contribution in [1.29, 1.82) is 0 Å². The standard InChI is InChI=1S/C12H17N3/c1-3-12-14-10(7-8-13-2)11-6-4-5-9-15(11)12/h4-6,9,13H,3,7-8H2,1-2H3. The normalized spacial score (nSPS) is 11.1. The van der Waals surface area contributed by atoms with Gasteiger partial charge in [-0.05, 0) is 19.2 Å². The van der Waals surface area contributed by atoms with Crippen molar-refractivity contribution in [3.63, 3.8) is 0 Å². The van der Waals surface area contributed by atoms with Gasteiger partial charge in [-0.3, -0.25) is 0 Å². The van der Waals surface area contributed by atoms with E-state index >= 15 is 0 Å². The molecule has 15 heavy (non-hydrogen) atoms. The molecule has 80 valence electrons. The fourth-order valence-electron chi connectivity index (χ4n) is 1.85. The summed E-state index contributed by atoms with van der Waals surface area (Å²) in [6.45, 7) is 3.12. The van der Waals surface area contributed by atoms with Crippen LogP contribution in [0, 0.1) is 0 Å². The molecular weight excluding hydrogens is 186 g/mol. The summed E-state index contributed by atoms with van der Waals surface area (Å²) in [6.07, 6.45) is 4.05. The topological polar surface area (TPSA) is 29.3 Å². The van der Waals surface area contributed by atoms with E-state index in [2.05, 4.69) is 46.0 Å². The molecule has 0 spiro atoms. The van der Waals surface area contributed by atoms with Crippen LogP contribution in [0.5, 0.6) is 0 Å². The average molecular weight is 203 g/mol. The fraction of sp³-hybridized carbons (Fsp3) is 0.417. The van der Waals surface area contributed by atoms with Gasteiger partial charge in [-0.25, -0.2) is 4.98 Å². The first-order chi connectivity index (χ1) is 7.36. The summed E-state index contributed by atoms with van der Waals surface area (Å²) < 4.78 is 2.19. The molecule has 0 fully saturated rings. The number of imidazole rings is 1. The SMILES string of the molecule is CCc1nc(CCNC)c2ccccn12. The molecule has 0 saturated carbocycles. The van der Waals surface area contributed by atoms with Gasteiger partial charge in [0, 0.05) is 25.6 Å². The van der Waals surface area contributed by atoms with E-state index in [0.29, 0.717) is 0 Å². The van der Waals surface area contributed by atoms with Crippen LogP contribution in [-0.4, -0.2) is 23.0 Å². The van der Waals surface area contributed by atoms with Gasteiger partial charge in [-0.1, -0.05) is 13.0 Å². The minimum absolute atomic E-state index is 0.977. The highest BCUT2D eigenvalue weighted by Crippen LogP contribution is 2.13. The lowest BCUT2D eigenvalue weighted by molar-refractivity contribution is 0.780.